The molecule has 0 saturated heterocycles. The van der Waals surface area contributed by atoms with Crippen LogP contribution < -0.4 is 23.7 Å². The third-order valence-electron chi connectivity index (χ3n) is 5.45. The molecule has 168 valence electrons. The third-order valence-corrected chi connectivity index (χ3v) is 5.45. The van der Waals surface area contributed by atoms with E-state index in [1.54, 1.807) is 38.4 Å². The van der Waals surface area contributed by atoms with Gasteiger partial charge >= 0.3 is 0 Å². The predicted molar refractivity (Wildman–Crippen MR) is 114 cm³/mol. The normalized spacial score (nSPS) is 14.6. The number of methoxy groups -OCH3 is 3. The highest BCUT2D eigenvalue weighted by Crippen LogP contribution is 2.42. The summed E-state index contributed by atoms with van der Waals surface area (Å²) in [5.41, 5.74) is 1.39. The molecule has 4 rings (SSSR count). The second-order valence-electron chi connectivity index (χ2n) is 7.12. The van der Waals surface area contributed by atoms with E-state index in [2.05, 4.69) is 0 Å². The van der Waals surface area contributed by atoms with Crippen LogP contribution in [-0.2, 0) is 0 Å². The van der Waals surface area contributed by atoms with Gasteiger partial charge in [0.15, 0.2) is 11.5 Å². The number of nitrogens with zero attached hydrogens (tertiary/aromatic N) is 2. The topological polar surface area (TPSA) is 110 Å². The van der Waals surface area contributed by atoms with Gasteiger partial charge in [0, 0.05) is 31.3 Å². The van der Waals surface area contributed by atoms with Gasteiger partial charge in [-0.15, -0.1) is 0 Å². The molecular weight excluding hydrogens is 420 g/mol. The molecule has 0 unspecified atom stereocenters. The van der Waals surface area contributed by atoms with Crippen LogP contribution in [0.5, 0.6) is 28.7 Å². The SMILES string of the molecule is COc1cc(OC)c(C2=CCN(C(=O)c3cc4c(cc3[N+](=O)[O-])OCO4)CC2)c(OC)c1. The second kappa shape index (κ2) is 8.66. The fraction of sp³-hybridized carbons (Fsp3) is 0.318. The average molecular weight is 442 g/mol. The van der Waals surface area contributed by atoms with Gasteiger partial charge in [0.2, 0.25) is 6.79 Å². The van der Waals surface area contributed by atoms with Gasteiger partial charge in [-0.1, -0.05) is 6.08 Å². The van der Waals surface area contributed by atoms with E-state index in [-0.39, 0.29) is 30.3 Å². The first-order valence-corrected chi connectivity index (χ1v) is 9.83. The van der Waals surface area contributed by atoms with E-state index in [9.17, 15) is 14.9 Å². The van der Waals surface area contributed by atoms with Crippen molar-refractivity contribution in [2.24, 2.45) is 0 Å². The van der Waals surface area contributed by atoms with Crippen molar-refractivity contribution in [2.75, 3.05) is 41.2 Å². The number of carbonyl (C=O) groups excluding carboxylic acids is 1. The van der Waals surface area contributed by atoms with Crippen molar-refractivity contribution in [3.63, 3.8) is 0 Å². The van der Waals surface area contributed by atoms with E-state index in [1.807, 2.05) is 6.08 Å². The molecular formula is C22H22N2O8. The zero-order valence-electron chi connectivity index (χ0n) is 17.9. The molecule has 0 N–H and O–H groups in total. The van der Waals surface area contributed by atoms with Gasteiger partial charge in [-0.25, -0.2) is 0 Å². The van der Waals surface area contributed by atoms with E-state index in [0.717, 1.165) is 11.1 Å². The van der Waals surface area contributed by atoms with Crippen molar-refractivity contribution < 1.29 is 33.4 Å². The monoisotopic (exact) mass is 442 g/mol. The minimum atomic E-state index is -0.590. The Balaban J connectivity index is 1.63. The lowest BCUT2D eigenvalue weighted by molar-refractivity contribution is -0.385. The van der Waals surface area contributed by atoms with Crippen molar-refractivity contribution in [1.29, 1.82) is 0 Å². The number of ether oxygens (including phenoxy) is 5. The molecule has 32 heavy (non-hydrogen) atoms. The first-order chi connectivity index (χ1) is 15.5. The number of hydrogen-bond acceptors (Lipinski definition) is 8. The summed E-state index contributed by atoms with van der Waals surface area (Å²) < 4.78 is 26.8. The van der Waals surface area contributed by atoms with Crippen molar-refractivity contribution in [3.8, 4) is 28.7 Å². The minimum absolute atomic E-state index is 0.0318. The van der Waals surface area contributed by atoms with E-state index < -0.39 is 10.8 Å². The number of nitro benzene ring substituents is 1. The van der Waals surface area contributed by atoms with E-state index in [1.165, 1.54) is 12.1 Å². The highest BCUT2D eigenvalue weighted by Gasteiger charge is 2.31. The van der Waals surface area contributed by atoms with Gasteiger partial charge in [-0.3, -0.25) is 14.9 Å². The first-order valence-electron chi connectivity index (χ1n) is 9.83. The van der Waals surface area contributed by atoms with E-state index in [0.29, 0.717) is 36.0 Å². The number of fused-ring (bicyclic) bond motifs is 1. The number of amides is 1. The first kappa shape index (κ1) is 21.3. The number of rotatable bonds is 6. The van der Waals surface area contributed by atoms with Gasteiger partial charge in [0.1, 0.15) is 22.8 Å². The molecule has 0 bridgehead atoms. The Morgan fingerprint density at radius 3 is 2.22 bits per heavy atom. The summed E-state index contributed by atoms with van der Waals surface area (Å²) in [4.78, 5) is 25.6. The molecule has 10 heteroatoms. The molecule has 1 amide bonds. The van der Waals surface area contributed by atoms with Crippen LogP contribution in [0, 0.1) is 10.1 Å². The highest BCUT2D eigenvalue weighted by atomic mass is 16.7. The second-order valence-corrected chi connectivity index (χ2v) is 7.12. The summed E-state index contributed by atoms with van der Waals surface area (Å²) >= 11 is 0. The Hall–Kier alpha value is -3.95. The van der Waals surface area contributed by atoms with Crippen LogP contribution in [0.15, 0.2) is 30.3 Å². The summed E-state index contributed by atoms with van der Waals surface area (Å²) in [5, 5.41) is 11.5. The van der Waals surface area contributed by atoms with Crippen LogP contribution in [0.3, 0.4) is 0 Å². The Morgan fingerprint density at radius 2 is 1.69 bits per heavy atom. The smallest absolute Gasteiger partial charge is 0.286 e. The average Bonchev–Trinajstić information content (AvgIpc) is 3.29. The summed E-state index contributed by atoms with van der Waals surface area (Å²) in [6, 6.07) is 6.14. The number of carbonyl (C=O) groups is 1. The van der Waals surface area contributed by atoms with Crippen LogP contribution in [-0.4, -0.2) is 56.9 Å². The number of benzene rings is 2. The maximum absolute atomic E-state index is 13.1. The third kappa shape index (κ3) is 3.75. The van der Waals surface area contributed by atoms with Crippen LogP contribution >= 0.6 is 0 Å². The standard InChI is InChI=1S/C22H22N2O8/c1-28-14-8-19(29-2)21(20(9-14)30-3)13-4-6-23(7-5-13)22(25)15-10-17-18(32-12-31-17)11-16(15)24(26)27/h4,8-11H,5-7,12H2,1-3H3. The molecule has 10 nitrogen and oxygen atoms in total. The van der Waals surface area contributed by atoms with Crippen molar-refractivity contribution >= 4 is 17.2 Å². The van der Waals surface area contributed by atoms with Gasteiger partial charge in [0.05, 0.1) is 37.9 Å². The molecule has 0 atom stereocenters. The summed E-state index contributed by atoms with van der Waals surface area (Å²) in [6.07, 6.45) is 2.41. The lowest BCUT2D eigenvalue weighted by atomic mass is 9.96. The maximum atomic E-state index is 13.1. The summed E-state index contributed by atoms with van der Waals surface area (Å²) in [6.45, 7) is 0.609. The molecule has 2 aliphatic heterocycles. The van der Waals surface area contributed by atoms with Gasteiger partial charge < -0.3 is 28.6 Å². The summed E-state index contributed by atoms with van der Waals surface area (Å²) in [5.74, 6) is 1.93. The van der Waals surface area contributed by atoms with Gasteiger partial charge in [-0.05, 0) is 12.0 Å². The molecule has 2 aliphatic rings. The number of nitro groups is 1. The summed E-state index contributed by atoms with van der Waals surface area (Å²) in [7, 11) is 4.69. The van der Waals surface area contributed by atoms with Crippen molar-refractivity contribution in [3.05, 3.63) is 51.6 Å². The zero-order valence-corrected chi connectivity index (χ0v) is 17.9. The fourth-order valence-electron chi connectivity index (χ4n) is 3.83. The molecule has 0 fully saturated rings. The maximum Gasteiger partial charge on any atom is 0.286 e. The molecule has 0 saturated carbocycles. The molecule has 2 aromatic rings. The predicted octanol–water partition coefficient (Wildman–Crippen LogP) is 3.28. The van der Waals surface area contributed by atoms with Crippen LogP contribution in [0.1, 0.15) is 22.3 Å². The van der Waals surface area contributed by atoms with Crippen LogP contribution in [0.4, 0.5) is 5.69 Å². The highest BCUT2D eigenvalue weighted by molar-refractivity contribution is 5.99. The molecule has 0 spiro atoms. The quantitative estimate of drug-likeness (QED) is 0.495. The molecule has 0 aromatic heterocycles. The largest absolute Gasteiger partial charge is 0.496 e. The Kier molecular flexibility index (Phi) is 5.76. The molecule has 2 heterocycles. The van der Waals surface area contributed by atoms with E-state index >= 15 is 0 Å². The van der Waals surface area contributed by atoms with Gasteiger partial charge in [-0.2, -0.15) is 0 Å². The lowest BCUT2D eigenvalue weighted by Gasteiger charge is -2.28. The Bertz CT molecular complexity index is 1090. The zero-order chi connectivity index (χ0) is 22.8. The van der Waals surface area contributed by atoms with Crippen LogP contribution in [0.25, 0.3) is 5.57 Å². The lowest BCUT2D eigenvalue weighted by Crippen LogP contribution is -2.35. The Morgan fingerprint density at radius 1 is 1.03 bits per heavy atom. The van der Waals surface area contributed by atoms with Crippen molar-refractivity contribution in [2.45, 2.75) is 6.42 Å². The van der Waals surface area contributed by atoms with E-state index in [4.69, 9.17) is 23.7 Å². The van der Waals surface area contributed by atoms with Gasteiger partial charge in [0.25, 0.3) is 11.6 Å². The minimum Gasteiger partial charge on any atom is -0.496 e. The molecule has 0 radical (unpaired) electrons. The van der Waals surface area contributed by atoms with Crippen molar-refractivity contribution in [1.82, 2.24) is 4.90 Å². The molecule has 0 aliphatic carbocycles. The van der Waals surface area contributed by atoms with Crippen LogP contribution in [0.2, 0.25) is 0 Å². The molecule has 2 aromatic carbocycles. The Labute approximate surface area is 184 Å². The number of hydrogen-bond donors (Lipinski definition) is 0. The fourth-order valence-corrected chi connectivity index (χ4v) is 3.83.